The summed E-state index contributed by atoms with van der Waals surface area (Å²) in [4.78, 5) is 21.6. The van der Waals surface area contributed by atoms with Crippen LogP contribution in [-0.2, 0) is 11.3 Å². The Balaban J connectivity index is 1.81. The van der Waals surface area contributed by atoms with Gasteiger partial charge in [-0.1, -0.05) is 12.1 Å². The molecule has 0 aliphatic carbocycles. The van der Waals surface area contributed by atoms with Gasteiger partial charge in [-0.2, -0.15) is 9.50 Å². The summed E-state index contributed by atoms with van der Waals surface area (Å²) < 4.78 is 13.5. The third-order valence-electron chi connectivity index (χ3n) is 4.59. The van der Waals surface area contributed by atoms with Crippen molar-refractivity contribution >= 4 is 16.7 Å². The van der Waals surface area contributed by atoms with E-state index in [0.29, 0.717) is 22.5 Å². The third kappa shape index (κ3) is 2.93. The van der Waals surface area contributed by atoms with Crippen molar-refractivity contribution in [2.45, 2.75) is 19.6 Å². The van der Waals surface area contributed by atoms with E-state index in [4.69, 9.17) is 9.47 Å². The second-order valence-corrected chi connectivity index (χ2v) is 6.21. The standard InChI is InChI=1S/C19H19N5O3/c1-12(13-4-6-14(27-3)7-5-13)23-9-8-16-15(18(23)25)10-20-19-21-17(11-26-2)22-24(16)19/h4-10,12H,11H2,1-3H3. The summed E-state index contributed by atoms with van der Waals surface area (Å²) in [6.45, 7) is 2.27. The van der Waals surface area contributed by atoms with E-state index in [1.165, 1.54) is 0 Å². The van der Waals surface area contributed by atoms with Crippen LogP contribution in [0.4, 0.5) is 0 Å². The van der Waals surface area contributed by atoms with Gasteiger partial charge in [0.2, 0.25) is 0 Å². The molecule has 0 radical (unpaired) electrons. The van der Waals surface area contributed by atoms with Gasteiger partial charge < -0.3 is 14.0 Å². The van der Waals surface area contributed by atoms with E-state index in [1.807, 2.05) is 37.3 Å². The number of fused-ring (bicyclic) bond motifs is 3. The van der Waals surface area contributed by atoms with Crippen LogP contribution in [-0.4, -0.2) is 38.4 Å². The fourth-order valence-corrected chi connectivity index (χ4v) is 3.11. The zero-order chi connectivity index (χ0) is 19.0. The number of nitrogens with zero attached hydrogens (tertiary/aromatic N) is 5. The molecular formula is C19H19N5O3. The van der Waals surface area contributed by atoms with Gasteiger partial charge in [-0.25, -0.2) is 4.98 Å². The zero-order valence-corrected chi connectivity index (χ0v) is 15.3. The average molecular weight is 365 g/mol. The van der Waals surface area contributed by atoms with Crippen molar-refractivity contribution in [3.63, 3.8) is 0 Å². The molecular weight excluding hydrogens is 346 g/mol. The fraction of sp³-hybridized carbons (Fsp3) is 0.263. The summed E-state index contributed by atoms with van der Waals surface area (Å²) in [7, 11) is 3.21. The van der Waals surface area contributed by atoms with Crippen molar-refractivity contribution in [3.05, 3.63) is 64.5 Å². The lowest BCUT2D eigenvalue weighted by Crippen LogP contribution is -2.24. The third-order valence-corrected chi connectivity index (χ3v) is 4.59. The van der Waals surface area contributed by atoms with Gasteiger partial charge in [-0.15, -0.1) is 5.10 Å². The fourth-order valence-electron chi connectivity index (χ4n) is 3.11. The van der Waals surface area contributed by atoms with Crippen molar-refractivity contribution in [2.24, 2.45) is 0 Å². The maximum atomic E-state index is 13.1. The molecule has 1 aromatic carbocycles. The first-order valence-electron chi connectivity index (χ1n) is 8.50. The van der Waals surface area contributed by atoms with Gasteiger partial charge in [0, 0.05) is 19.5 Å². The summed E-state index contributed by atoms with van der Waals surface area (Å²) in [6.07, 6.45) is 3.33. The highest BCUT2D eigenvalue weighted by Crippen LogP contribution is 2.21. The van der Waals surface area contributed by atoms with Crippen molar-refractivity contribution < 1.29 is 9.47 Å². The summed E-state index contributed by atoms with van der Waals surface area (Å²) >= 11 is 0. The molecule has 4 rings (SSSR count). The Morgan fingerprint density at radius 2 is 1.93 bits per heavy atom. The number of benzene rings is 1. The number of hydrogen-bond donors (Lipinski definition) is 0. The first kappa shape index (κ1) is 17.2. The normalized spacial score (nSPS) is 12.6. The van der Waals surface area contributed by atoms with Crippen molar-refractivity contribution in [1.82, 2.24) is 24.1 Å². The van der Waals surface area contributed by atoms with Crippen LogP contribution in [0.2, 0.25) is 0 Å². The van der Waals surface area contributed by atoms with Crippen LogP contribution in [0, 0.1) is 0 Å². The lowest BCUT2D eigenvalue weighted by Gasteiger charge is -2.16. The van der Waals surface area contributed by atoms with Gasteiger partial charge in [-0.3, -0.25) is 4.79 Å². The van der Waals surface area contributed by atoms with E-state index in [9.17, 15) is 4.79 Å². The van der Waals surface area contributed by atoms with Gasteiger partial charge in [-0.05, 0) is 30.7 Å². The SMILES string of the molecule is COCc1nc2ncc3c(=O)n(C(C)c4ccc(OC)cc4)ccc3n2n1. The summed E-state index contributed by atoms with van der Waals surface area (Å²) in [5, 5.41) is 4.86. The lowest BCUT2D eigenvalue weighted by molar-refractivity contribution is 0.178. The lowest BCUT2D eigenvalue weighted by atomic mass is 10.1. The topological polar surface area (TPSA) is 83.5 Å². The molecule has 138 valence electrons. The molecule has 1 atom stereocenters. The van der Waals surface area contributed by atoms with E-state index in [2.05, 4.69) is 15.1 Å². The van der Waals surface area contributed by atoms with E-state index in [-0.39, 0.29) is 18.2 Å². The van der Waals surface area contributed by atoms with E-state index in [0.717, 1.165) is 11.3 Å². The largest absolute Gasteiger partial charge is 0.497 e. The number of rotatable bonds is 5. The van der Waals surface area contributed by atoms with Gasteiger partial charge in [0.25, 0.3) is 11.3 Å². The van der Waals surface area contributed by atoms with Crippen LogP contribution < -0.4 is 10.3 Å². The van der Waals surface area contributed by atoms with Crippen LogP contribution in [0.25, 0.3) is 16.7 Å². The van der Waals surface area contributed by atoms with Gasteiger partial charge >= 0.3 is 0 Å². The highest BCUT2D eigenvalue weighted by Gasteiger charge is 2.15. The molecule has 0 N–H and O–H groups in total. The van der Waals surface area contributed by atoms with Crippen LogP contribution in [0.15, 0.2) is 47.5 Å². The molecule has 0 amide bonds. The first-order chi connectivity index (χ1) is 13.1. The average Bonchev–Trinajstić information content (AvgIpc) is 3.11. The van der Waals surface area contributed by atoms with Crippen LogP contribution in [0.1, 0.15) is 24.4 Å². The second-order valence-electron chi connectivity index (χ2n) is 6.21. The molecule has 0 bridgehead atoms. The van der Waals surface area contributed by atoms with Crippen molar-refractivity contribution in [2.75, 3.05) is 14.2 Å². The quantitative estimate of drug-likeness (QED) is 0.539. The predicted octanol–water partition coefficient (Wildman–Crippen LogP) is 2.20. The first-order valence-corrected chi connectivity index (χ1v) is 8.50. The maximum absolute atomic E-state index is 13.1. The summed E-state index contributed by atoms with van der Waals surface area (Å²) in [6, 6.07) is 9.40. The Hall–Kier alpha value is -3.26. The molecule has 0 fully saturated rings. The molecule has 0 aliphatic rings. The monoisotopic (exact) mass is 365 g/mol. The van der Waals surface area contributed by atoms with Crippen LogP contribution in [0.5, 0.6) is 5.75 Å². The summed E-state index contributed by atoms with van der Waals surface area (Å²) in [5.74, 6) is 1.74. The Morgan fingerprint density at radius 1 is 1.15 bits per heavy atom. The number of ether oxygens (including phenoxy) is 2. The van der Waals surface area contributed by atoms with E-state index < -0.39 is 0 Å². The number of aromatic nitrogens is 5. The molecule has 27 heavy (non-hydrogen) atoms. The molecule has 4 aromatic rings. The predicted molar refractivity (Wildman–Crippen MR) is 100 cm³/mol. The second kappa shape index (κ2) is 6.81. The van der Waals surface area contributed by atoms with Crippen molar-refractivity contribution in [1.29, 1.82) is 0 Å². The molecule has 3 aromatic heterocycles. The number of hydrogen-bond acceptors (Lipinski definition) is 6. The highest BCUT2D eigenvalue weighted by molar-refractivity contribution is 5.78. The molecule has 8 heteroatoms. The minimum Gasteiger partial charge on any atom is -0.497 e. The number of methoxy groups -OCH3 is 2. The molecule has 0 spiro atoms. The van der Waals surface area contributed by atoms with E-state index in [1.54, 1.807) is 35.7 Å². The molecule has 0 saturated carbocycles. The minimum absolute atomic E-state index is 0.131. The Kier molecular flexibility index (Phi) is 4.33. The molecule has 1 unspecified atom stereocenters. The van der Waals surface area contributed by atoms with E-state index >= 15 is 0 Å². The zero-order valence-electron chi connectivity index (χ0n) is 15.3. The number of pyridine rings is 1. The molecule has 0 saturated heterocycles. The smallest absolute Gasteiger partial charge is 0.262 e. The van der Waals surface area contributed by atoms with Gasteiger partial charge in [0.05, 0.1) is 24.1 Å². The molecule has 8 nitrogen and oxygen atoms in total. The Bertz CT molecular complexity index is 1160. The molecule has 0 aliphatic heterocycles. The highest BCUT2D eigenvalue weighted by atomic mass is 16.5. The Labute approximate surface area is 155 Å². The van der Waals surface area contributed by atoms with Gasteiger partial charge in [0.1, 0.15) is 12.4 Å². The van der Waals surface area contributed by atoms with Gasteiger partial charge in [0.15, 0.2) is 5.82 Å². The molecule has 3 heterocycles. The summed E-state index contributed by atoms with van der Waals surface area (Å²) in [5.41, 5.74) is 1.54. The van der Waals surface area contributed by atoms with Crippen molar-refractivity contribution in [3.8, 4) is 5.75 Å². The van der Waals surface area contributed by atoms with Crippen LogP contribution in [0.3, 0.4) is 0 Å². The minimum atomic E-state index is -0.136. The maximum Gasteiger partial charge on any atom is 0.262 e. The Morgan fingerprint density at radius 3 is 2.63 bits per heavy atom. The van der Waals surface area contributed by atoms with Crippen LogP contribution >= 0.6 is 0 Å².